The zero-order valence-electron chi connectivity index (χ0n) is 10.8. The Balaban J connectivity index is 1.87. The second-order valence-electron chi connectivity index (χ2n) is 5.09. The summed E-state index contributed by atoms with van der Waals surface area (Å²) in [5.74, 6) is -0.950. The van der Waals surface area contributed by atoms with Gasteiger partial charge in [0.05, 0.1) is 0 Å². The lowest BCUT2D eigenvalue weighted by atomic mass is 10.0. The van der Waals surface area contributed by atoms with E-state index < -0.39 is 11.6 Å². The highest BCUT2D eigenvalue weighted by Gasteiger charge is 2.20. The highest BCUT2D eigenvalue weighted by Crippen LogP contribution is 2.31. The average molecular weight is 294 g/mol. The van der Waals surface area contributed by atoms with Gasteiger partial charge >= 0.3 is 0 Å². The van der Waals surface area contributed by atoms with Crippen LogP contribution in [0.25, 0.3) is 11.1 Å². The normalized spacial score (nSPS) is 14.6. The Morgan fingerprint density at radius 3 is 2.55 bits per heavy atom. The van der Waals surface area contributed by atoms with Crippen LogP contribution >= 0.6 is 11.6 Å². The van der Waals surface area contributed by atoms with E-state index in [1.807, 2.05) is 6.07 Å². The summed E-state index contributed by atoms with van der Waals surface area (Å²) in [6.07, 6.45) is 2.45. The first-order valence-corrected chi connectivity index (χ1v) is 6.98. The average Bonchev–Trinajstić information content (AvgIpc) is 3.24. The minimum Gasteiger partial charge on any atom is -0.310 e. The Labute approximate surface area is 121 Å². The minimum absolute atomic E-state index is 0.191. The predicted octanol–water partition coefficient (Wildman–Crippen LogP) is 4.54. The molecule has 0 atom stereocenters. The zero-order valence-corrected chi connectivity index (χ0v) is 11.6. The molecule has 0 bridgehead atoms. The molecule has 1 saturated carbocycles. The minimum atomic E-state index is -0.475. The van der Waals surface area contributed by atoms with Crippen LogP contribution in [0, 0.1) is 11.6 Å². The predicted molar refractivity (Wildman–Crippen MR) is 76.7 cm³/mol. The van der Waals surface area contributed by atoms with E-state index in [2.05, 4.69) is 5.32 Å². The van der Waals surface area contributed by atoms with Crippen LogP contribution < -0.4 is 5.32 Å². The molecule has 0 radical (unpaired) electrons. The monoisotopic (exact) mass is 293 g/mol. The molecule has 2 aromatic rings. The van der Waals surface area contributed by atoms with E-state index in [-0.39, 0.29) is 5.56 Å². The van der Waals surface area contributed by atoms with Gasteiger partial charge in [0.1, 0.15) is 11.6 Å². The molecule has 0 aliphatic heterocycles. The van der Waals surface area contributed by atoms with Gasteiger partial charge in [-0.15, -0.1) is 0 Å². The molecule has 0 spiro atoms. The molecule has 1 N–H and O–H groups in total. The topological polar surface area (TPSA) is 12.0 Å². The molecule has 0 aromatic heterocycles. The second kappa shape index (κ2) is 5.51. The first-order chi connectivity index (χ1) is 9.63. The van der Waals surface area contributed by atoms with Gasteiger partial charge < -0.3 is 5.32 Å². The number of rotatable bonds is 4. The lowest BCUT2D eigenvalue weighted by Gasteiger charge is -2.09. The van der Waals surface area contributed by atoms with Crippen molar-refractivity contribution in [2.24, 2.45) is 0 Å². The van der Waals surface area contributed by atoms with Crippen molar-refractivity contribution >= 4 is 11.6 Å². The van der Waals surface area contributed by atoms with Crippen LogP contribution in [-0.2, 0) is 6.54 Å². The maximum Gasteiger partial charge on any atom is 0.131 e. The van der Waals surface area contributed by atoms with Gasteiger partial charge in [-0.05, 0) is 42.7 Å². The summed E-state index contributed by atoms with van der Waals surface area (Å²) in [7, 11) is 0. The third-order valence-electron chi connectivity index (χ3n) is 3.42. The second-order valence-corrected chi connectivity index (χ2v) is 5.50. The fourth-order valence-corrected chi connectivity index (χ4v) is 2.45. The summed E-state index contributed by atoms with van der Waals surface area (Å²) in [5.41, 5.74) is 1.75. The SMILES string of the molecule is Fc1ccc(F)c(-c2ccc(CNC3CC3)cc2Cl)c1. The van der Waals surface area contributed by atoms with E-state index in [4.69, 9.17) is 11.6 Å². The molecule has 0 amide bonds. The zero-order chi connectivity index (χ0) is 14.1. The first kappa shape index (κ1) is 13.5. The molecule has 2 aromatic carbocycles. The molecular formula is C16H14ClF2N. The van der Waals surface area contributed by atoms with Crippen LogP contribution in [0.15, 0.2) is 36.4 Å². The van der Waals surface area contributed by atoms with E-state index in [0.29, 0.717) is 16.6 Å². The van der Waals surface area contributed by atoms with Crippen LogP contribution in [0.3, 0.4) is 0 Å². The Hall–Kier alpha value is -1.45. The van der Waals surface area contributed by atoms with Gasteiger partial charge in [0.15, 0.2) is 0 Å². The first-order valence-electron chi connectivity index (χ1n) is 6.61. The van der Waals surface area contributed by atoms with Crippen molar-refractivity contribution in [2.75, 3.05) is 0 Å². The van der Waals surface area contributed by atoms with Gasteiger partial charge in [0.2, 0.25) is 0 Å². The van der Waals surface area contributed by atoms with Gasteiger partial charge in [0, 0.05) is 28.7 Å². The van der Waals surface area contributed by atoms with Crippen molar-refractivity contribution in [3.8, 4) is 11.1 Å². The molecule has 3 rings (SSSR count). The molecule has 0 heterocycles. The molecule has 4 heteroatoms. The largest absolute Gasteiger partial charge is 0.310 e. The molecule has 20 heavy (non-hydrogen) atoms. The standard InChI is InChI=1S/C16H14ClF2N/c17-15-7-10(9-20-12-3-4-12)1-5-13(15)14-8-11(18)2-6-16(14)19/h1-2,5-8,12,20H,3-4,9H2. The van der Waals surface area contributed by atoms with Crippen LogP contribution in [0.1, 0.15) is 18.4 Å². The molecular weight excluding hydrogens is 280 g/mol. The van der Waals surface area contributed by atoms with Crippen molar-refractivity contribution in [1.82, 2.24) is 5.32 Å². The highest BCUT2D eigenvalue weighted by atomic mass is 35.5. The van der Waals surface area contributed by atoms with Crippen molar-refractivity contribution < 1.29 is 8.78 Å². The van der Waals surface area contributed by atoms with Crippen LogP contribution in [0.2, 0.25) is 5.02 Å². The van der Waals surface area contributed by atoms with E-state index in [0.717, 1.165) is 24.2 Å². The summed E-state index contributed by atoms with van der Waals surface area (Å²) < 4.78 is 27.0. The highest BCUT2D eigenvalue weighted by molar-refractivity contribution is 6.33. The third kappa shape index (κ3) is 3.00. The van der Waals surface area contributed by atoms with E-state index in [1.165, 1.54) is 18.9 Å². The lowest BCUT2D eigenvalue weighted by molar-refractivity contribution is 0.603. The smallest absolute Gasteiger partial charge is 0.131 e. The van der Waals surface area contributed by atoms with Crippen molar-refractivity contribution in [2.45, 2.75) is 25.4 Å². The number of nitrogens with one attached hydrogen (secondary N) is 1. The van der Waals surface area contributed by atoms with Crippen LogP contribution in [0.5, 0.6) is 0 Å². The van der Waals surface area contributed by atoms with Gasteiger partial charge in [0.25, 0.3) is 0 Å². The number of halogens is 3. The van der Waals surface area contributed by atoms with Gasteiger partial charge in [-0.3, -0.25) is 0 Å². The maximum atomic E-state index is 13.8. The third-order valence-corrected chi connectivity index (χ3v) is 3.74. The van der Waals surface area contributed by atoms with E-state index >= 15 is 0 Å². The molecule has 1 aliphatic rings. The number of hydrogen-bond donors (Lipinski definition) is 1. The van der Waals surface area contributed by atoms with Crippen LogP contribution in [-0.4, -0.2) is 6.04 Å². The Morgan fingerprint density at radius 2 is 1.85 bits per heavy atom. The summed E-state index contributed by atoms with van der Waals surface area (Å²) in [4.78, 5) is 0. The Bertz CT molecular complexity index is 638. The quantitative estimate of drug-likeness (QED) is 0.873. The summed E-state index contributed by atoms with van der Waals surface area (Å²) in [6, 6.07) is 9.43. The fourth-order valence-electron chi connectivity index (χ4n) is 2.14. The van der Waals surface area contributed by atoms with Crippen molar-refractivity contribution in [3.05, 3.63) is 58.6 Å². The lowest BCUT2D eigenvalue weighted by Crippen LogP contribution is -2.15. The molecule has 1 nitrogen and oxygen atoms in total. The van der Waals surface area contributed by atoms with Crippen molar-refractivity contribution in [1.29, 1.82) is 0 Å². The van der Waals surface area contributed by atoms with E-state index in [1.54, 1.807) is 12.1 Å². The number of benzene rings is 2. The molecule has 0 saturated heterocycles. The Morgan fingerprint density at radius 1 is 1.05 bits per heavy atom. The van der Waals surface area contributed by atoms with Gasteiger partial charge in [-0.25, -0.2) is 8.78 Å². The summed E-state index contributed by atoms with van der Waals surface area (Å²) >= 11 is 6.20. The maximum absolute atomic E-state index is 13.8. The summed E-state index contributed by atoms with van der Waals surface area (Å²) in [6.45, 7) is 0.746. The van der Waals surface area contributed by atoms with Crippen molar-refractivity contribution in [3.63, 3.8) is 0 Å². The Kier molecular flexibility index (Phi) is 3.72. The van der Waals surface area contributed by atoms with Gasteiger partial charge in [-0.1, -0.05) is 23.7 Å². The molecule has 104 valence electrons. The molecule has 1 aliphatic carbocycles. The fraction of sp³-hybridized carbons (Fsp3) is 0.250. The van der Waals surface area contributed by atoms with Crippen LogP contribution in [0.4, 0.5) is 8.78 Å². The van der Waals surface area contributed by atoms with Gasteiger partial charge in [-0.2, -0.15) is 0 Å². The summed E-state index contributed by atoms with van der Waals surface area (Å²) in [5, 5.41) is 3.82. The molecule has 0 unspecified atom stereocenters. The van der Waals surface area contributed by atoms with E-state index in [9.17, 15) is 8.78 Å². The molecule has 1 fully saturated rings. The number of hydrogen-bond acceptors (Lipinski definition) is 1.